The van der Waals surface area contributed by atoms with E-state index in [4.69, 9.17) is 0 Å². The van der Waals surface area contributed by atoms with Crippen LogP contribution >= 0.6 is 0 Å². The second-order valence-corrected chi connectivity index (χ2v) is 5.06. The second kappa shape index (κ2) is 7.19. The molecule has 1 N–H and O–H groups in total. The van der Waals surface area contributed by atoms with Crippen LogP contribution in [0.4, 0.5) is 0 Å². The normalized spacial score (nSPS) is 12.8. The number of hydrogen-bond donors (Lipinski definition) is 1. The summed E-state index contributed by atoms with van der Waals surface area (Å²) in [6, 6.07) is 2.49. The Morgan fingerprint density at radius 1 is 1.35 bits per heavy atom. The minimum atomic E-state index is 0.435. The van der Waals surface area contributed by atoms with Gasteiger partial charge in [0.1, 0.15) is 12.2 Å². The zero-order valence-electron chi connectivity index (χ0n) is 12.6. The summed E-state index contributed by atoms with van der Waals surface area (Å²) in [5.74, 6) is 0.955. The van der Waals surface area contributed by atoms with Crippen LogP contribution in [0.15, 0.2) is 18.6 Å². The summed E-state index contributed by atoms with van der Waals surface area (Å²) in [6.45, 7) is 8.91. The SMILES string of the molecule is CCCNCc1ncnn1Cc1ccn(C(C)CC)n1. The Morgan fingerprint density at radius 3 is 2.95 bits per heavy atom. The van der Waals surface area contributed by atoms with Crippen molar-refractivity contribution in [3.05, 3.63) is 30.1 Å². The smallest absolute Gasteiger partial charge is 0.141 e. The predicted molar refractivity (Wildman–Crippen MR) is 78.4 cm³/mol. The van der Waals surface area contributed by atoms with Crippen molar-refractivity contribution in [1.82, 2.24) is 29.9 Å². The highest BCUT2D eigenvalue weighted by Gasteiger charge is 2.08. The van der Waals surface area contributed by atoms with Gasteiger partial charge in [-0.05, 0) is 32.4 Å². The molecule has 0 saturated heterocycles. The molecule has 2 rings (SSSR count). The first-order valence-corrected chi connectivity index (χ1v) is 7.36. The average Bonchev–Trinajstić information content (AvgIpc) is 3.09. The van der Waals surface area contributed by atoms with Crippen LogP contribution in [0.2, 0.25) is 0 Å². The summed E-state index contributed by atoms with van der Waals surface area (Å²) in [7, 11) is 0. The van der Waals surface area contributed by atoms with Crippen molar-refractivity contribution in [3.63, 3.8) is 0 Å². The summed E-state index contributed by atoms with van der Waals surface area (Å²) in [5.41, 5.74) is 1.02. The molecule has 2 aromatic rings. The Bertz CT molecular complexity index is 515. The molecular formula is C14H24N6. The molecule has 20 heavy (non-hydrogen) atoms. The van der Waals surface area contributed by atoms with Gasteiger partial charge < -0.3 is 5.32 Å². The van der Waals surface area contributed by atoms with E-state index in [-0.39, 0.29) is 0 Å². The van der Waals surface area contributed by atoms with Crippen LogP contribution in [0.5, 0.6) is 0 Å². The maximum absolute atomic E-state index is 4.60. The van der Waals surface area contributed by atoms with Crippen LogP contribution in [-0.4, -0.2) is 31.1 Å². The molecule has 0 fully saturated rings. The van der Waals surface area contributed by atoms with Gasteiger partial charge in [-0.1, -0.05) is 13.8 Å². The number of aromatic nitrogens is 5. The number of hydrogen-bond acceptors (Lipinski definition) is 4. The van der Waals surface area contributed by atoms with E-state index in [0.29, 0.717) is 12.6 Å². The molecule has 0 aliphatic carbocycles. The van der Waals surface area contributed by atoms with E-state index < -0.39 is 0 Å². The van der Waals surface area contributed by atoms with Crippen LogP contribution in [0.1, 0.15) is 51.2 Å². The lowest BCUT2D eigenvalue weighted by molar-refractivity contribution is 0.469. The Balaban J connectivity index is 1.99. The minimum absolute atomic E-state index is 0.435. The largest absolute Gasteiger partial charge is 0.310 e. The van der Waals surface area contributed by atoms with Crippen molar-refractivity contribution in [1.29, 1.82) is 0 Å². The fraction of sp³-hybridized carbons (Fsp3) is 0.643. The fourth-order valence-electron chi connectivity index (χ4n) is 1.98. The lowest BCUT2D eigenvalue weighted by Crippen LogP contribution is -2.18. The Kier molecular flexibility index (Phi) is 5.29. The summed E-state index contributed by atoms with van der Waals surface area (Å²) < 4.78 is 3.92. The number of nitrogens with zero attached hydrogens (tertiary/aromatic N) is 5. The lowest BCUT2D eigenvalue weighted by atomic mass is 10.3. The first-order valence-electron chi connectivity index (χ1n) is 7.36. The zero-order valence-corrected chi connectivity index (χ0v) is 12.6. The topological polar surface area (TPSA) is 60.6 Å². The van der Waals surface area contributed by atoms with E-state index in [1.54, 1.807) is 6.33 Å². The highest BCUT2D eigenvalue weighted by Crippen LogP contribution is 2.10. The van der Waals surface area contributed by atoms with E-state index in [2.05, 4.69) is 47.3 Å². The van der Waals surface area contributed by atoms with Gasteiger partial charge in [0.05, 0.1) is 18.8 Å². The van der Waals surface area contributed by atoms with Crippen LogP contribution in [0.3, 0.4) is 0 Å². The molecule has 2 aromatic heterocycles. The number of nitrogens with one attached hydrogen (secondary N) is 1. The Labute approximate surface area is 120 Å². The van der Waals surface area contributed by atoms with E-state index in [1.807, 2.05) is 15.6 Å². The van der Waals surface area contributed by atoms with Crippen LogP contribution < -0.4 is 5.32 Å². The third-order valence-corrected chi connectivity index (χ3v) is 3.42. The van der Waals surface area contributed by atoms with E-state index >= 15 is 0 Å². The van der Waals surface area contributed by atoms with Gasteiger partial charge >= 0.3 is 0 Å². The fourth-order valence-corrected chi connectivity index (χ4v) is 1.98. The molecule has 0 aliphatic rings. The van der Waals surface area contributed by atoms with Gasteiger partial charge in [0.15, 0.2) is 0 Å². The highest BCUT2D eigenvalue weighted by molar-refractivity contribution is 5.01. The van der Waals surface area contributed by atoms with Crippen LogP contribution in [-0.2, 0) is 13.1 Å². The van der Waals surface area contributed by atoms with Crippen molar-refractivity contribution in [3.8, 4) is 0 Å². The zero-order chi connectivity index (χ0) is 14.4. The lowest BCUT2D eigenvalue weighted by Gasteiger charge is -2.08. The van der Waals surface area contributed by atoms with E-state index in [0.717, 1.165) is 37.4 Å². The Hall–Kier alpha value is -1.69. The standard InChI is InChI=1S/C14H24N6/c1-4-7-15-9-14-16-11-17-20(14)10-13-6-8-19(18-13)12(3)5-2/h6,8,11-12,15H,4-5,7,9-10H2,1-3H3. The summed E-state index contributed by atoms with van der Waals surface area (Å²) in [4.78, 5) is 4.30. The van der Waals surface area contributed by atoms with Crippen molar-refractivity contribution in [2.75, 3.05) is 6.54 Å². The molecule has 0 saturated carbocycles. The molecule has 0 aromatic carbocycles. The van der Waals surface area contributed by atoms with E-state index in [1.165, 1.54) is 0 Å². The highest BCUT2D eigenvalue weighted by atomic mass is 15.4. The maximum Gasteiger partial charge on any atom is 0.141 e. The average molecular weight is 276 g/mol. The molecule has 6 heteroatoms. The van der Waals surface area contributed by atoms with Gasteiger partial charge in [-0.15, -0.1) is 0 Å². The van der Waals surface area contributed by atoms with Gasteiger partial charge in [-0.25, -0.2) is 9.67 Å². The van der Waals surface area contributed by atoms with Gasteiger partial charge in [0, 0.05) is 12.2 Å². The van der Waals surface area contributed by atoms with Gasteiger partial charge in [-0.2, -0.15) is 10.2 Å². The molecule has 110 valence electrons. The first kappa shape index (κ1) is 14.7. The summed E-state index contributed by atoms with van der Waals surface area (Å²) in [5, 5.41) is 12.2. The number of rotatable bonds is 8. The molecule has 0 spiro atoms. The predicted octanol–water partition coefficient (Wildman–Crippen LogP) is 1.99. The quantitative estimate of drug-likeness (QED) is 0.749. The van der Waals surface area contributed by atoms with E-state index in [9.17, 15) is 0 Å². The third kappa shape index (κ3) is 3.66. The molecule has 2 heterocycles. The summed E-state index contributed by atoms with van der Waals surface area (Å²) >= 11 is 0. The van der Waals surface area contributed by atoms with Crippen molar-refractivity contribution >= 4 is 0 Å². The van der Waals surface area contributed by atoms with Gasteiger partial charge in [0.25, 0.3) is 0 Å². The molecule has 0 amide bonds. The van der Waals surface area contributed by atoms with Crippen molar-refractivity contribution < 1.29 is 0 Å². The van der Waals surface area contributed by atoms with Crippen molar-refractivity contribution in [2.24, 2.45) is 0 Å². The monoisotopic (exact) mass is 276 g/mol. The molecule has 6 nitrogen and oxygen atoms in total. The molecule has 1 atom stereocenters. The maximum atomic E-state index is 4.60. The molecule has 0 radical (unpaired) electrons. The molecule has 0 aliphatic heterocycles. The Morgan fingerprint density at radius 2 is 2.20 bits per heavy atom. The second-order valence-electron chi connectivity index (χ2n) is 5.06. The van der Waals surface area contributed by atoms with Gasteiger partial charge in [-0.3, -0.25) is 4.68 Å². The third-order valence-electron chi connectivity index (χ3n) is 3.42. The van der Waals surface area contributed by atoms with Crippen LogP contribution in [0, 0.1) is 0 Å². The summed E-state index contributed by atoms with van der Waals surface area (Å²) in [6.07, 6.45) is 5.84. The molecule has 0 bridgehead atoms. The minimum Gasteiger partial charge on any atom is -0.310 e. The first-order chi connectivity index (χ1) is 9.74. The molecular weight excluding hydrogens is 252 g/mol. The van der Waals surface area contributed by atoms with Gasteiger partial charge in [0.2, 0.25) is 0 Å². The molecule has 1 unspecified atom stereocenters. The van der Waals surface area contributed by atoms with Crippen molar-refractivity contribution in [2.45, 2.75) is 52.7 Å². The van der Waals surface area contributed by atoms with Crippen LogP contribution in [0.25, 0.3) is 0 Å².